The number of hydrogen-bond acceptors (Lipinski definition) is 3. The summed E-state index contributed by atoms with van der Waals surface area (Å²) < 4.78 is 129. The minimum Gasteiger partial charge on any atom is -0.410 e. The Balaban J connectivity index is 3.37. The second-order valence-corrected chi connectivity index (χ2v) is 2.93. The maximum Gasteiger partial charge on any atom is 0.526 e. The maximum absolute atomic E-state index is 12.8. The van der Waals surface area contributed by atoms with Crippen LogP contribution >= 0.6 is 0 Å². The van der Waals surface area contributed by atoms with E-state index in [9.17, 15) is 43.9 Å². The minimum absolute atomic E-state index is 2.16. The van der Waals surface area contributed by atoms with Gasteiger partial charge in [0.25, 0.3) is 0 Å². The van der Waals surface area contributed by atoms with Crippen molar-refractivity contribution in [1.29, 1.82) is 0 Å². The lowest BCUT2D eigenvalue weighted by Crippen LogP contribution is -2.60. The minimum atomic E-state index is -6.52. The second kappa shape index (κ2) is 4.05. The van der Waals surface area contributed by atoms with Gasteiger partial charge in [-0.2, -0.15) is 30.7 Å². The van der Waals surface area contributed by atoms with E-state index in [2.05, 4.69) is 14.2 Å². The van der Waals surface area contributed by atoms with Gasteiger partial charge in [0.15, 0.2) is 0 Å². The number of ether oxygens (including phenoxy) is 3. The molecule has 0 aromatic carbocycles. The van der Waals surface area contributed by atoms with Gasteiger partial charge in [0.1, 0.15) is 0 Å². The normalized spacial score (nSPS) is 26.9. The summed E-state index contributed by atoms with van der Waals surface area (Å²) >= 11 is 0. The van der Waals surface area contributed by atoms with Gasteiger partial charge < -0.3 is 9.47 Å². The van der Waals surface area contributed by atoms with Gasteiger partial charge in [-0.3, -0.25) is 0 Å². The van der Waals surface area contributed by atoms with Crippen LogP contribution in [0, 0.1) is 0 Å². The van der Waals surface area contributed by atoms with Crippen molar-refractivity contribution in [3.05, 3.63) is 12.0 Å². The molecule has 0 radical (unpaired) electrons. The lowest BCUT2D eigenvalue weighted by atomic mass is 10.2. The Morgan fingerprint density at radius 1 is 0.947 bits per heavy atom. The molecule has 13 heteroatoms. The van der Waals surface area contributed by atoms with Gasteiger partial charge in [0.05, 0.1) is 0 Å². The van der Waals surface area contributed by atoms with E-state index in [1.165, 1.54) is 0 Å². The first-order chi connectivity index (χ1) is 8.22. The molecule has 0 bridgehead atoms. The average molecular weight is 310 g/mol. The third kappa shape index (κ3) is 2.64. The van der Waals surface area contributed by atoms with Crippen LogP contribution in [0.5, 0.6) is 0 Å². The van der Waals surface area contributed by atoms with Crippen molar-refractivity contribution in [3.63, 3.8) is 0 Å². The molecule has 1 atom stereocenters. The summed E-state index contributed by atoms with van der Waals surface area (Å²) in [5, 5.41) is 0. The highest BCUT2D eigenvalue weighted by Gasteiger charge is 2.84. The first-order valence-corrected chi connectivity index (χ1v) is 3.86. The highest BCUT2D eigenvalue weighted by Crippen LogP contribution is 2.55. The summed E-state index contributed by atoms with van der Waals surface area (Å²) in [4.78, 5) is 0. The van der Waals surface area contributed by atoms with Gasteiger partial charge in [-0.25, -0.2) is 4.74 Å². The number of alkyl halides is 8. The lowest BCUT2D eigenvalue weighted by Gasteiger charge is -2.31. The lowest BCUT2D eigenvalue weighted by molar-refractivity contribution is -0.507. The molecular formula is C6F10O3. The Morgan fingerprint density at radius 2 is 1.42 bits per heavy atom. The monoisotopic (exact) mass is 310 g/mol. The molecule has 0 spiro atoms. The molecule has 19 heavy (non-hydrogen) atoms. The van der Waals surface area contributed by atoms with Crippen LogP contribution in [0.15, 0.2) is 12.0 Å². The van der Waals surface area contributed by atoms with E-state index in [0.717, 1.165) is 0 Å². The molecule has 1 heterocycles. The second-order valence-electron chi connectivity index (χ2n) is 2.93. The standard InChI is InChI=1S/C6F10O3/c7-1(8)2-17-3(4(9,10)11,5(12,13)18-2)19-6(14,15)16. The van der Waals surface area contributed by atoms with Gasteiger partial charge in [0, 0.05) is 0 Å². The van der Waals surface area contributed by atoms with E-state index >= 15 is 0 Å². The molecule has 0 N–H and O–H groups in total. The van der Waals surface area contributed by atoms with Crippen molar-refractivity contribution in [2.45, 2.75) is 24.4 Å². The highest BCUT2D eigenvalue weighted by atomic mass is 19.4. The summed E-state index contributed by atoms with van der Waals surface area (Å²) in [6.07, 6.45) is -22.0. The van der Waals surface area contributed by atoms with Crippen molar-refractivity contribution in [3.8, 4) is 0 Å². The van der Waals surface area contributed by atoms with Crippen LogP contribution in [0.2, 0.25) is 0 Å². The Labute approximate surface area is 95.9 Å². The molecule has 0 aromatic rings. The summed E-state index contributed by atoms with van der Waals surface area (Å²) in [6, 6.07) is 0. The zero-order valence-corrected chi connectivity index (χ0v) is 8.00. The van der Waals surface area contributed by atoms with E-state index in [4.69, 9.17) is 0 Å². The molecular weight excluding hydrogens is 310 g/mol. The average Bonchev–Trinajstić information content (AvgIpc) is 2.35. The van der Waals surface area contributed by atoms with Crippen LogP contribution < -0.4 is 0 Å². The maximum atomic E-state index is 12.8. The molecule has 1 aliphatic rings. The Bertz CT molecular complexity index is 391. The Morgan fingerprint density at radius 3 is 1.68 bits per heavy atom. The van der Waals surface area contributed by atoms with Crippen LogP contribution in [0.25, 0.3) is 0 Å². The van der Waals surface area contributed by atoms with Gasteiger partial charge in [-0.1, -0.05) is 0 Å². The Hall–Kier alpha value is -1.40. The van der Waals surface area contributed by atoms with E-state index in [-0.39, 0.29) is 0 Å². The number of hydrogen-bond donors (Lipinski definition) is 0. The van der Waals surface area contributed by atoms with Gasteiger partial charge in [-0.05, 0) is 0 Å². The molecule has 1 unspecified atom stereocenters. The summed E-state index contributed by atoms with van der Waals surface area (Å²) in [7, 11) is 0. The highest BCUT2D eigenvalue weighted by molar-refractivity contribution is 5.02. The van der Waals surface area contributed by atoms with Crippen molar-refractivity contribution in [1.82, 2.24) is 0 Å². The molecule has 1 saturated heterocycles. The fourth-order valence-electron chi connectivity index (χ4n) is 0.995. The van der Waals surface area contributed by atoms with E-state index in [1.807, 2.05) is 0 Å². The third-order valence-corrected chi connectivity index (χ3v) is 1.63. The predicted octanol–water partition coefficient (Wildman–Crippen LogP) is 3.49. The third-order valence-electron chi connectivity index (χ3n) is 1.63. The molecule has 1 rings (SSSR count). The molecule has 1 aliphatic heterocycles. The molecule has 3 nitrogen and oxygen atoms in total. The quantitative estimate of drug-likeness (QED) is 0.694. The van der Waals surface area contributed by atoms with E-state index < -0.39 is 36.5 Å². The van der Waals surface area contributed by atoms with E-state index in [1.54, 1.807) is 0 Å². The largest absolute Gasteiger partial charge is 0.526 e. The summed E-state index contributed by atoms with van der Waals surface area (Å²) in [5.74, 6) is -8.47. The van der Waals surface area contributed by atoms with Gasteiger partial charge in [-0.15, -0.1) is 13.2 Å². The van der Waals surface area contributed by atoms with Crippen molar-refractivity contribution in [2.24, 2.45) is 0 Å². The molecule has 112 valence electrons. The van der Waals surface area contributed by atoms with Crippen LogP contribution in [-0.4, -0.2) is 24.4 Å². The Kier molecular flexibility index (Phi) is 3.33. The van der Waals surface area contributed by atoms with Crippen molar-refractivity contribution in [2.75, 3.05) is 0 Å². The van der Waals surface area contributed by atoms with Gasteiger partial charge >= 0.3 is 36.5 Å². The molecule has 0 amide bonds. The fraction of sp³-hybridized carbons (Fsp3) is 0.667. The first kappa shape index (κ1) is 15.7. The zero-order valence-electron chi connectivity index (χ0n) is 8.00. The van der Waals surface area contributed by atoms with E-state index in [0.29, 0.717) is 0 Å². The van der Waals surface area contributed by atoms with Crippen LogP contribution in [0.4, 0.5) is 43.9 Å². The topological polar surface area (TPSA) is 27.7 Å². The smallest absolute Gasteiger partial charge is 0.410 e. The SMILES string of the molecule is FC(F)=C1OC(F)(F)C(OC(F)(F)F)(C(F)(F)F)O1. The molecule has 0 saturated carbocycles. The van der Waals surface area contributed by atoms with Crippen LogP contribution in [0.3, 0.4) is 0 Å². The first-order valence-electron chi connectivity index (χ1n) is 3.86. The zero-order chi connectivity index (χ0) is 15.3. The van der Waals surface area contributed by atoms with Crippen LogP contribution in [0.1, 0.15) is 0 Å². The molecule has 1 fully saturated rings. The number of halogens is 10. The predicted molar refractivity (Wildman–Crippen MR) is 32.3 cm³/mol. The number of rotatable bonds is 1. The fourth-order valence-corrected chi connectivity index (χ4v) is 0.995. The molecule has 0 aliphatic carbocycles. The summed E-state index contributed by atoms with van der Waals surface area (Å²) in [6.45, 7) is 0. The van der Waals surface area contributed by atoms with Crippen molar-refractivity contribution >= 4 is 0 Å². The van der Waals surface area contributed by atoms with Gasteiger partial charge in [0.2, 0.25) is 0 Å². The molecule has 0 aromatic heterocycles. The summed E-state index contributed by atoms with van der Waals surface area (Å²) in [5.41, 5.74) is 0. The van der Waals surface area contributed by atoms with Crippen LogP contribution in [-0.2, 0) is 14.2 Å². The van der Waals surface area contributed by atoms with Crippen molar-refractivity contribution < 1.29 is 58.1 Å².